The number of aliphatic imine (C=N–C) groups is 1. The van der Waals surface area contributed by atoms with Crippen LogP contribution in [-0.4, -0.2) is 37.7 Å². The number of aromatic nitrogens is 1. The van der Waals surface area contributed by atoms with Crippen LogP contribution < -0.4 is 15.4 Å². The second-order valence-electron chi connectivity index (χ2n) is 5.32. The van der Waals surface area contributed by atoms with E-state index in [-0.39, 0.29) is 0 Å². The molecule has 2 N–H and O–H groups in total. The van der Waals surface area contributed by atoms with Crippen LogP contribution in [0.3, 0.4) is 0 Å². The second-order valence-corrected chi connectivity index (χ2v) is 5.32. The Kier molecular flexibility index (Phi) is 7.60. The summed E-state index contributed by atoms with van der Waals surface area (Å²) in [5, 5.41) is 6.64. The van der Waals surface area contributed by atoms with Gasteiger partial charge in [0.15, 0.2) is 5.96 Å². The molecule has 128 valence electrons. The van der Waals surface area contributed by atoms with E-state index < -0.39 is 0 Å². The van der Waals surface area contributed by atoms with Crippen molar-refractivity contribution >= 4 is 5.96 Å². The maximum atomic E-state index is 5.38. The largest absolute Gasteiger partial charge is 0.496 e. The highest BCUT2D eigenvalue weighted by Crippen LogP contribution is 2.17. The minimum atomic E-state index is 0.709. The van der Waals surface area contributed by atoms with E-state index in [1.54, 1.807) is 7.11 Å². The van der Waals surface area contributed by atoms with Gasteiger partial charge in [0.2, 0.25) is 0 Å². The molecule has 0 aliphatic carbocycles. The fraction of sp³-hybridized carbons (Fsp3) is 0.368. The molecule has 24 heavy (non-hydrogen) atoms. The summed E-state index contributed by atoms with van der Waals surface area (Å²) in [7, 11) is 1.70. The number of ether oxygens (including phenoxy) is 1. The molecule has 1 aromatic heterocycles. The van der Waals surface area contributed by atoms with Crippen molar-refractivity contribution in [1.82, 2.24) is 15.6 Å². The lowest BCUT2D eigenvalue weighted by Gasteiger charge is -2.12. The van der Waals surface area contributed by atoms with Gasteiger partial charge in [-0.15, -0.1) is 0 Å². The summed E-state index contributed by atoms with van der Waals surface area (Å²) < 4.78 is 5.38. The summed E-state index contributed by atoms with van der Waals surface area (Å²) in [6.45, 7) is 4.41. The van der Waals surface area contributed by atoms with Crippen LogP contribution in [0.2, 0.25) is 0 Å². The Morgan fingerprint density at radius 3 is 2.67 bits per heavy atom. The van der Waals surface area contributed by atoms with Crippen molar-refractivity contribution in [2.45, 2.75) is 19.8 Å². The number of methoxy groups -OCH3 is 1. The van der Waals surface area contributed by atoms with Gasteiger partial charge in [-0.2, -0.15) is 0 Å². The minimum absolute atomic E-state index is 0.709. The van der Waals surface area contributed by atoms with Gasteiger partial charge in [0.1, 0.15) is 5.75 Å². The predicted octanol–water partition coefficient (Wildman–Crippen LogP) is 2.43. The number of pyridine rings is 1. The first kappa shape index (κ1) is 17.8. The van der Waals surface area contributed by atoms with Gasteiger partial charge in [-0.3, -0.25) is 9.98 Å². The Labute approximate surface area is 144 Å². The van der Waals surface area contributed by atoms with Crippen LogP contribution in [0.25, 0.3) is 0 Å². The van der Waals surface area contributed by atoms with Gasteiger partial charge in [0.25, 0.3) is 0 Å². The first-order chi connectivity index (χ1) is 11.8. The smallest absolute Gasteiger partial charge is 0.191 e. The van der Waals surface area contributed by atoms with Gasteiger partial charge < -0.3 is 15.4 Å². The van der Waals surface area contributed by atoms with E-state index in [2.05, 4.69) is 33.6 Å². The third kappa shape index (κ3) is 5.91. The molecule has 5 nitrogen and oxygen atoms in total. The van der Waals surface area contributed by atoms with E-state index in [0.717, 1.165) is 43.3 Å². The van der Waals surface area contributed by atoms with Gasteiger partial charge in [0, 0.05) is 37.9 Å². The van der Waals surface area contributed by atoms with Crippen LogP contribution in [-0.2, 0) is 12.8 Å². The molecule has 0 atom stereocenters. The molecule has 0 spiro atoms. The van der Waals surface area contributed by atoms with Gasteiger partial charge in [-0.25, -0.2) is 0 Å². The Hall–Kier alpha value is -2.56. The first-order valence-corrected chi connectivity index (χ1v) is 8.37. The van der Waals surface area contributed by atoms with Crippen molar-refractivity contribution in [3.63, 3.8) is 0 Å². The molecule has 0 radical (unpaired) electrons. The molecule has 0 saturated carbocycles. The lowest BCUT2D eigenvalue weighted by atomic mass is 10.1. The summed E-state index contributed by atoms with van der Waals surface area (Å²) in [6, 6.07) is 14.0. The third-order valence-electron chi connectivity index (χ3n) is 3.59. The highest BCUT2D eigenvalue weighted by atomic mass is 16.5. The summed E-state index contributed by atoms with van der Waals surface area (Å²) in [4.78, 5) is 8.92. The highest BCUT2D eigenvalue weighted by molar-refractivity contribution is 5.79. The summed E-state index contributed by atoms with van der Waals surface area (Å²) in [5.41, 5.74) is 2.25. The maximum absolute atomic E-state index is 5.38. The van der Waals surface area contributed by atoms with Gasteiger partial charge >= 0.3 is 0 Å². The molecule has 0 fully saturated rings. The lowest BCUT2D eigenvalue weighted by Crippen LogP contribution is -2.38. The fourth-order valence-corrected chi connectivity index (χ4v) is 2.40. The topological polar surface area (TPSA) is 58.5 Å². The molecule has 0 unspecified atom stereocenters. The van der Waals surface area contributed by atoms with Crippen LogP contribution in [0.4, 0.5) is 0 Å². The molecule has 1 heterocycles. The van der Waals surface area contributed by atoms with Gasteiger partial charge in [0.05, 0.1) is 7.11 Å². The number of benzene rings is 1. The first-order valence-electron chi connectivity index (χ1n) is 8.37. The summed E-state index contributed by atoms with van der Waals surface area (Å²) in [6.07, 6.45) is 3.54. The monoisotopic (exact) mass is 326 g/mol. The molecule has 5 heteroatoms. The number of guanidine groups is 1. The van der Waals surface area contributed by atoms with E-state index in [1.807, 2.05) is 42.6 Å². The van der Waals surface area contributed by atoms with E-state index >= 15 is 0 Å². The Balaban J connectivity index is 1.83. The molecule has 0 saturated heterocycles. The Morgan fingerprint density at radius 1 is 1.08 bits per heavy atom. The van der Waals surface area contributed by atoms with E-state index in [4.69, 9.17) is 4.74 Å². The van der Waals surface area contributed by atoms with Crippen molar-refractivity contribution in [3.05, 3.63) is 59.9 Å². The average Bonchev–Trinajstić information content (AvgIpc) is 2.63. The Morgan fingerprint density at radius 2 is 1.92 bits per heavy atom. The maximum Gasteiger partial charge on any atom is 0.191 e. The van der Waals surface area contributed by atoms with Crippen molar-refractivity contribution in [2.24, 2.45) is 4.99 Å². The highest BCUT2D eigenvalue weighted by Gasteiger charge is 2.02. The summed E-state index contributed by atoms with van der Waals surface area (Å²) in [5.74, 6) is 1.76. The molecule has 0 bridgehead atoms. The molecule has 0 aliphatic rings. The van der Waals surface area contributed by atoms with Gasteiger partial charge in [-0.1, -0.05) is 24.3 Å². The van der Waals surface area contributed by atoms with Crippen LogP contribution in [0, 0.1) is 0 Å². The zero-order valence-corrected chi connectivity index (χ0v) is 14.5. The molecular weight excluding hydrogens is 300 g/mol. The number of nitrogens with one attached hydrogen (secondary N) is 2. The fourth-order valence-electron chi connectivity index (χ4n) is 2.40. The lowest BCUT2D eigenvalue weighted by molar-refractivity contribution is 0.409. The number of nitrogens with zero attached hydrogens (tertiary/aromatic N) is 2. The van der Waals surface area contributed by atoms with Gasteiger partial charge in [-0.05, 0) is 37.1 Å². The number of hydrogen-bond donors (Lipinski definition) is 2. The third-order valence-corrected chi connectivity index (χ3v) is 3.59. The molecule has 0 amide bonds. The number of para-hydroxylation sites is 1. The van der Waals surface area contributed by atoms with Crippen molar-refractivity contribution in [3.8, 4) is 5.75 Å². The summed E-state index contributed by atoms with van der Waals surface area (Å²) >= 11 is 0. The molecule has 0 aliphatic heterocycles. The SMILES string of the molecule is CCNC(=NCCc1ccccn1)NCCc1ccccc1OC. The minimum Gasteiger partial charge on any atom is -0.496 e. The Bertz CT molecular complexity index is 628. The predicted molar refractivity (Wildman–Crippen MR) is 98.6 cm³/mol. The molecule has 1 aromatic carbocycles. The average molecular weight is 326 g/mol. The van der Waals surface area contributed by atoms with Crippen LogP contribution in [0.5, 0.6) is 5.75 Å². The van der Waals surface area contributed by atoms with Crippen molar-refractivity contribution in [1.29, 1.82) is 0 Å². The second kappa shape index (κ2) is 10.3. The standard InChI is InChI=1S/C19H26N4O/c1-3-20-19(23-15-12-17-9-6-7-13-21-17)22-14-11-16-8-4-5-10-18(16)24-2/h4-10,13H,3,11-12,14-15H2,1-2H3,(H2,20,22,23). The van der Waals surface area contributed by atoms with Crippen LogP contribution in [0.1, 0.15) is 18.2 Å². The van der Waals surface area contributed by atoms with E-state index in [9.17, 15) is 0 Å². The van der Waals surface area contributed by atoms with Crippen LogP contribution >= 0.6 is 0 Å². The number of rotatable bonds is 8. The van der Waals surface area contributed by atoms with Crippen molar-refractivity contribution in [2.75, 3.05) is 26.7 Å². The number of hydrogen-bond acceptors (Lipinski definition) is 3. The zero-order valence-electron chi connectivity index (χ0n) is 14.5. The quantitative estimate of drug-likeness (QED) is 0.578. The zero-order chi connectivity index (χ0) is 17.0. The molecular formula is C19H26N4O. The van der Waals surface area contributed by atoms with Crippen molar-refractivity contribution < 1.29 is 4.74 Å². The van der Waals surface area contributed by atoms with E-state index in [1.165, 1.54) is 5.56 Å². The normalized spacial score (nSPS) is 11.2. The molecule has 2 aromatic rings. The van der Waals surface area contributed by atoms with Crippen LogP contribution in [0.15, 0.2) is 53.7 Å². The van der Waals surface area contributed by atoms with E-state index in [0.29, 0.717) is 6.54 Å². The molecule has 2 rings (SSSR count).